The van der Waals surface area contributed by atoms with E-state index in [0.29, 0.717) is 19.4 Å². The van der Waals surface area contributed by atoms with E-state index in [1.807, 2.05) is 6.08 Å². The van der Waals surface area contributed by atoms with Crippen LogP contribution in [0.25, 0.3) is 0 Å². The summed E-state index contributed by atoms with van der Waals surface area (Å²) >= 11 is 0. The van der Waals surface area contributed by atoms with Crippen LogP contribution in [-0.4, -0.2) is 47.4 Å². The summed E-state index contributed by atoms with van der Waals surface area (Å²) in [6.45, 7) is 4.92. The van der Waals surface area contributed by atoms with Gasteiger partial charge in [-0.15, -0.1) is 0 Å². The molecule has 0 aliphatic heterocycles. The topological polar surface area (TPSA) is 95.9 Å². The van der Waals surface area contributed by atoms with Crippen molar-refractivity contribution < 1.29 is 24.5 Å². The van der Waals surface area contributed by atoms with Crippen LogP contribution in [-0.2, 0) is 14.3 Å². The van der Waals surface area contributed by atoms with Crippen molar-refractivity contribution in [2.24, 2.45) is 0 Å². The van der Waals surface area contributed by atoms with E-state index in [0.717, 1.165) is 44.9 Å². The molecule has 0 saturated heterocycles. The maximum atomic E-state index is 12.5. The summed E-state index contributed by atoms with van der Waals surface area (Å²) < 4.78 is 5.49. The van der Waals surface area contributed by atoms with Gasteiger partial charge >= 0.3 is 5.97 Å². The average molecular weight is 987 g/mol. The number of esters is 1. The minimum absolute atomic E-state index is 0.00890. The van der Waals surface area contributed by atoms with Gasteiger partial charge in [0.25, 0.3) is 0 Å². The number of carbonyl (C=O) groups excluding carboxylic acids is 2. The minimum atomic E-state index is -0.850. The molecule has 0 bridgehead atoms. The van der Waals surface area contributed by atoms with Gasteiger partial charge in [-0.3, -0.25) is 9.59 Å². The van der Waals surface area contributed by atoms with Gasteiger partial charge < -0.3 is 20.3 Å². The number of hydrogen-bond donors (Lipinski definition) is 3. The number of carbonyl (C=O) groups is 2. The third-order valence-corrected chi connectivity index (χ3v) is 14.7. The molecule has 0 rings (SSSR count). The number of unbranched alkanes of at least 4 members (excludes halogenated alkanes) is 46. The fraction of sp³-hybridized carbons (Fsp3) is 0.906. The standard InChI is InChI=1S/C64H123NO5/c1-3-5-7-9-11-13-15-17-19-20-25-29-32-36-40-44-48-52-56-62(67)61(60-66)65-63(68)57-53-49-45-41-37-33-30-26-23-21-22-24-27-31-35-39-43-47-51-55-59-70-64(69)58-54-50-46-42-38-34-28-18-16-14-12-10-8-6-4-2/h21,23,52,56,61-62,66-67H,3-20,22,24-51,53-55,57-60H2,1-2H3,(H,65,68)/b23-21-,56-52+. The van der Waals surface area contributed by atoms with E-state index in [-0.39, 0.29) is 18.5 Å². The van der Waals surface area contributed by atoms with Gasteiger partial charge in [0.15, 0.2) is 0 Å². The Kier molecular flexibility index (Phi) is 58.5. The first-order valence-corrected chi connectivity index (χ1v) is 31.6. The highest BCUT2D eigenvalue weighted by Crippen LogP contribution is 2.17. The fourth-order valence-electron chi connectivity index (χ4n) is 9.87. The van der Waals surface area contributed by atoms with Crippen molar-refractivity contribution in [2.45, 2.75) is 360 Å². The molecule has 0 aromatic carbocycles. The van der Waals surface area contributed by atoms with Gasteiger partial charge in [0.05, 0.1) is 25.4 Å². The number of aliphatic hydroxyl groups is 2. The normalized spacial score (nSPS) is 12.7. The number of allylic oxidation sites excluding steroid dienone is 3. The molecule has 0 aliphatic rings. The Bertz CT molecular complexity index is 1090. The molecule has 3 N–H and O–H groups in total. The van der Waals surface area contributed by atoms with Crippen molar-refractivity contribution in [3.63, 3.8) is 0 Å². The molecule has 0 aromatic heterocycles. The van der Waals surface area contributed by atoms with Crippen LogP contribution in [0.2, 0.25) is 0 Å². The van der Waals surface area contributed by atoms with Crippen LogP contribution in [0.5, 0.6) is 0 Å². The van der Waals surface area contributed by atoms with Gasteiger partial charge in [-0.25, -0.2) is 0 Å². The van der Waals surface area contributed by atoms with E-state index in [1.54, 1.807) is 6.08 Å². The summed E-state index contributed by atoms with van der Waals surface area (Å²) in [6, 6.07) is -0.634. The lowest BCUT2D eigenvalue weighted by atomic mass is 10.0. The predicted molar refractivity (Wildman–Crippen MR) is 306 cm³/mol. The zero-order valence-electron chi connectivity index (χ0n) is 47.3. The van der Waals surface area contributed by atoms with Gasteiger partial charge in [0.2, 0.25) is 5.91 Å². The summed E-state index contributed by atoms with van der Waals surface area (Å²) in [7, 11) is 0. The Balaban J connectivity index is 3.45. The molecule has 0 aliphatic carbocycles. The average Bonchev–Trinajstić information content (AvgIpc) is 3.36. The molecule has 70 heavy (non-hydrogen) atoms. The van der Waals surface area contributed by atoms with Crippen LogP contribution < -0.4 is 5.32 Å². The zero-order valence-corrected chi connectivity index (χ0v) is 47.3. The van der Waals surface area contributed by atoms with E-state index < -0.39 is 12.1 Å². The molecule has 414 valence electrons. The minimum Gasteiger partial charge on any atom is -0.466 e. The second kappa shape index (κ2) is 59.9. The molecule has 2 unspecified atom stereocenters. The summed E-state index contributed by atoms with van der Waals surface area (Å²) in [4.78, 5) is 24.5. The summed E-state index contributed by atoms with van der Waals surface area (Å²) in [5, 5.41) is 23.2. The first-order chi connectivity index (χ1) is 34.5. The van der Waals surface area contributed by atoms with Crippen molar-refractivity contribution in [3.8, 4) is 0 Å². The molecule has 0 fully saturated rings. The molecule has 0 aromatic rings. The Morgan fingerprint density at radius 3 is 1.01 bits per heavy atom. The van der Waals surface area contributed by atoms with Crippen molar-refractivity contribution >= 4 is 11.9 Å². The van der Waals surface area contributed by atoms with Crippen LogP contribution in [0.3, 0.4) is 0 Å². The van der Waals surface area contributed by atoms with Crippen molar-refractivity contribution in [1.82, 2.24) is 5.32 Å². The number of aliphatic hydroxyl groups excluding tert-OH is 2. The first kappa shape index (κ1) is 68.3. The second-order valence-electron chi connectivity index (χ2n) is 21.7. The number of rotatable bonds is 59. The van der Waals surface area contributed by atoms with Gasteiger partial charge in [-0.05, 0) is 57.8 Å². The second-order valence-corrected chi connectivity index (χ2v) is 21.7. The van der Waals surface area contributed by atoms with E-state index in [1.165, 1.54) is 276 Å². The van der Waals surface area contributed by atoms with Gasteiger partial charge in [0, 0.05) is 12.8 Å². The van der Waals surface area contributed by atoms with Gasteiger partial charge in [-0.2, -0.15) is 0 Å². The Morgan fingerprint density at radius 1 is 0.386 bits per heavy atom. The van der Waals surface area contributed by atoms with Gasteiger partial charge in [0.1, 0.15) is 0 Å². The summed E-state index contributed by atoms with van der Waals surface area (Å²) in [5.74, 6) is -0.0651. The largest absolute Gasteiger partial charge is 0.466 e. The quantitative estimate of drug-likeness (QED) is 0.0321. The van der Waals surface area contributed by atoms with E-state index in [9.17, 15) is 19.8 Å². The first-order valence-electron chi connectivity index (χ1n) is 31.6. The molecule has 0 saturated carbocycles. The maximum absolute atomic E-state index is 12.5. The third-order valence-electron chi connectivity index (χ3n) is 14.7. The van der Waals surface area contributed by atoms with E-state index in [2.05, 4.69) is 31.3 Å². The van der Waals surface area contributed by atoms with Crippen LogP contribution in [0.4, 0.5) is 0 Å². The maximum Gasteiger partial charge on any atom is 0.305 e. The van der Waals surface area contributed by atoms with Crippen LogP contribution >= 0.6 is 0 Å². The molecule has 6 heteroatoms. The monoisotopic (exact) mass is 986 g/mol. The number of nitrogens with one attached hydrogen (secondary N) is 1. The Hall–Kier alpha value is -1.66. The van der Waals surface area contributed by atoms with Crippen LogP contribution in [0.1, 0.15) is 348 Å². The predicted octanol–water partition coefficient (Wildman–Crippen LogP) is 19.8. The summed E-state index contributed by atoms with van der Waals surface area (Å²) in [6.07, 6.45) is 73.6. The van der Waals surface area contributed by atoms with Crippen molar-refractivity contribution in [2.75, 3.05) is 13.2 Å². The fourth-order valence-corrected chi connectivity index (χ4v) is 9.87. The van der Waals surface area contributed by atoms with Gasteiger partial charge in [-0.1, -0.05) is 301 Å². The van der Waals surface area contributed by atoms with Crippen LogP contribution in [0, 0.1) is 0 Å². The lowest BCUT2D eigenvalue weighted by Crippen LogP contribution is -2.45. The molecule has 0 spiro atoms. The zero-order chi connectivity index (χ0) is 50.7. The number of amides is 1. The SMILES string of the molecule is CCCCCCCCCCCCCCCCCC/C=C/C(O)C(CO)NC(=O)CCCCCCCCC/C=C\CCCCCCCCCCCOC(=O)CCCCCCCCCCCCCCCCC. The lowest BCUT2D eigenvalue weighted by Gasteiger charge is -2.20. The molecule has 6 nitrogen and oxygen atoms in total. The Morgan fingerprint density at radius 2 is 0.671 bits per heavy atom. The molecule has 0 heterocycles. The highest BCUT2D eigenvalue weighted by molar-refractivity contribution is 5.76. The number of ether oxygens (including phenoxy) is 1. The molecular formula is C64H123NO5. The highest BCUT2D eigenvalue weighted by atomic mass is 16.5. The Labute approximate surface area is 437 Å². The highest BCUT2D eigenvalue weighted by Gasteiger charge is 2.18. The molecule has 0 radical (unpaired) electrons. The van der Waals surface area contributed by atoms with Crippen molar-refractivity contribution in [1.29, 1.82) is 0 Å². The molecule has 1 amide bonds. The molecule has 2 atom stereocenters. The van der Waals surface area contributed by atoms with E-state index >= 15 is 0 Å². The lowest BCUT2D eigenvalue weighted by molar-refractivity contribution is -0.143. The van der Waals surface area contributed by atoms with E-state index in [4.69, 9.17) is 4.74 Å². The number of hydrogen-bond acceptors (Lipinski definition) is 5. The smallest absolute Gasteiger partial charge is 0.305 e. The van der Waals surface area contributed by atoms with Crippen LogP contribution in [0.15, 0.2) is 24.3 Å². The van der Waals surface area contributed by atoms with Crippen molar-refractivity contribution in [3.05, 3.63) is 24.3 Å². The summed E-state index contributed by atoms with van der Waals surface area (Å²) in [5.41, 5.74) is 0. The molecular weight excluding hydrogens is 863 g/mol. The third kappa shape index (κ3) is 55.7.